The summed E-state index contributed by atoms with van der Waals surface area (Å²) in [6.45, 7) is 3.59. The van der Waals surface area contributed by atoms with E-state index in [0.29, 0.717) is 5.78 Å². The molecule has 1 N–H and O–H groups in total. The zero-order valence-corrected chi connectivity index (χ0v) is 14.1. The first kappa shape index (κ1) is 14.7. The molecule has 0 atom stereocenters. The average molecular weight is 333 g/mol. The summed E-state index contributed by atoms with van der Waals surface area (Å²) in [6, 6.07) is 0. The van der Waals surface area contributed by atoms with E-state index >= 15 is 0 Å². The zero-order valence-electron chi connectivity index (χ0n) is 13.2. The molecule has 4 heterocycles. The van der Waals surface area contributed by atoms with Crippen LogP contribution in [0.2, 0.25) is 0 Å². The molecule has 0 saturated heterocycles. The molecule has 0 amide bonds. The van der Waals surface area contributed by atoms with Gasteiger partial charge in [0.15, 0.2) is 0 Å². The summed E-state index contributed by atoms with van der Waals surface area (Å²) in [6.07, 6.45) is 1.97. The predicted octanol–water partition coefficient (Wildman–Crippen LogP) is 1.17. The maximum atomic E-state index is 5.11. The molecule has 122 valence electrons. The van der Waals surface area contributed by atoms with Crippen molar-refractivity contribution in [1.82, 2.24) is 29.9 Å². The molecule has 0 fully saturated rings. The molecule has 9 heteroatoms. The average Bonchev–Trinajstić information content (AvgIpc) is 3.14. The number of methoxy groups -OCH3 is 1. The van der Waals surface area contributed by atoms with Gasteiger partial charge in [0.05, 0.1) is 5.39 Å². The summed E-state index contributed by atoms with van der Waals surface area (Å²) in [5.41, 5.74) is 1.39. The molecule has 23 heavy (non-hydrogen) atoms. The van der Waals surface area contributed by atoms with E-state index in [9.17, 15) is 0 Å². The van der Waals surface area contributed by atoms with Crippen LogP contribution in [0.5, 0.6) is 0 Å². The number of hydrogen-bond acceptors (Lipinski definition) is 8. The molecule has 8 nitrogen and oxygen atoms in total. The van der Waals surface area contributed by atoms with Gasteiger partial charge in [0, 0.05) is 38.2 Å². The van der Waals surface area contributed by atoms with E-state index in [1.165, 1.54) is 15.8 Å². The van der Waals surface area contributed by atoms with Crippen molar-refractivity contribution < 1.29 is 4.74 Å². The van der Waals surface area contributed by atoms with Gasteiger partial charge in [0.1, 0.15) is 10.6 Å². The highest BCUT2D eigenvalue weighted by molar-refractivity contribution is 7.19. The number of nitrogens with zero attached hydrogens (tertiary/aromatic N) is 6. The lowest BCUT2D eigenvalue weighted by Crippen LogP contribution is -2.25. The maximum absolute atomic E-state index is 5.11. The van der Waals surface area contributed by atoms with Gasteiger partial charge in [-0.05, 0) is 35.9 Å². The Morgan fingerprint density at radius 1 is 1.39 bits per heavy atom. The number of fused-ring (bicyclic) bond motifs is 5. The Balaban J connectivity index is 1.82. The molecule has 3 aromatic rings. The molecule has 0 unspecified atom stereocenters. The van der Waals surface area contributed by atoms with Crippen LogP contribution in [0.1, 0.15) is 16.9 Å². The highest BCUT2D eigenvalue weighted by Gasteiger charge is 2.24. The van der Waals surface area contributed by atoms with E-state index in [1.807, 2.05) is 0 Å². The molecule has 1 aliphatic heterocycles. The topological polar surface area (TPSA) is 80.5 Å². The van der Waals surface area contributed by atoms with Gasteiger partial charge in [-0.1, -0.05) is 5.10 Å². The molecular weight excluding hydrogens is 314 g/mol. The van der Waals surface area contributed by atoms with Gasteiger partial charge < -0.3 is 15.0 Å². The fraction of sp³-hybridized carbons (Fsp3) is 0.571. The van der Waals surface area contributed by atoms with Crippen LogP contribution in [-0.4, -0.2) is 63.8 Å². The molecular formula is C14H19N7OS. The second-order valence-electron chi connectivity index (χ2n) is 5.80. The SMILES string of the molecule is COCCCNc1nc2nnnn2c2sc3c(c12)CCN(C)C3. The summed E-state index contributed by atoms with van der Waals surface area (Å²) in [5, 5.41) is 16.5. The summed E-state index contributed by atoms with van der Waals surface area (Å²) in [5.74, 6) is 1.43. The molecule has 0 aromatic carbocycles. The fourth-order valence-electron chi connectivity index (χ4n) is 3.00. The third-order valence-electron chi connectivity index (χ3n) is 4.14. The van der Waals surface area contributed by atoms with Crippen LogP contribution < -0.4 is 5.32 Å². The van der Waals surface area contributed by atoms with E-state index in [2.05, 4.69) is 37.8 Å². The molecule has 1 aliphatic rings. The van der Waals surface area contributed by atoms with Crippen molar-refractivity contribution >= 4 is 33.1 Å². The normalized spacial score (nSPS) is 15.4. The Morgan fingerprint density at radius 3 is 3.17 bits per heavy atom. The Kier molecular flexibility index (Phi) is 3.83. The number of hydrogen-bond donors (Lipinski definition) is 1. The molecule has 4 rings (SSSR count). The highest BCUT2D eigenvalue weighted by Crippen LogP contribution is 2.38. The first-order valence-electron chi connectivity index (χ1n) is 7.71. The monoisotopic (exact) mass is 333 g/mol. The van der Waals surface area contributed by atoms with E-state index in [0.717, 1.165) is 49.7 Å². The molecule has 3 aromatic heterocycles. The number of anilines is 1. The first-order valence-corrected chi connectivity index (χ1v) is 8.53. The van der Waals surface area contributed by atoms with Gasteiger partial charge in [-0.15, -0.1) is 11.3 Å². The minimum Gasteiger partial charge on any atom is -0.385 e. The van der Waals surface area contributed by atoms with E-state index in [4.69, 9.17) is 4.74 Å². The van der Waals surface area contributed by atoms with Gasteiger partial charge in [-0.25, -0.2) is 0 Å². The van der Waals surface area contributed by atoms with Crippen LogP contribution in [0.4, 0.5) is 5.82 Å². The second-order valence-corrected chi connectivity index (χ2v) is 6.88. The van der Waals surface area contributed by atoms with Crippen molar-refractivity contribution in [1.29, 1.82) is 0 Å². The summed E-state index contributed by atoms with van der Waals surface area (Å²) in [4.78, 5) is 9.44. The van der Waals surface area contributed by atoms with E-state index in [-0.39, 0.29) is 0 Å². The highest BCUT2D eigenvalue weighted by atomic mass is 32.1. The van der Waals surface area contributed by atoms with Crippen LogP contribution in [0.15, 0.2) is 0 Å². The number of ether oxygens (including phenoxy) is 1. The number of aromatic nitrogens is 5. The fourth-order valence-corrected chi connectivity index (χ4v) is 4.37. The van der Waals surface area contributed by atoms with Crippen molar-refractivity contribution in [3.05, 3.63) is 10.4 Å². The molecule has 0 bridgehead atoms. The maximum Gasteiger partial charge on any atom is 0.276 e. The third kappa shape index (κ3) is 2.54. The van der Waals surface area contributed by atoms with Crippen LogP contribution in [0.3, 0.4) is 0 Å². The third-order valence-corrected chi connectivity index (χ3v) is 5.33. The quantitative estimate of drug-likeness (QED) is 0.702. The summed E-state index contributed by atoms with van der Waals surface area (Å²) in [7, 11) is 3.87. The number of nitrogens with one attached hydrogen (secondary N) is 1. The van der Waals surface area contributed by atoms with Crippen molar-refractivity contribution in [2.24, 2.45) is 0 Å². The van der Waals surface area contributed by atoms with Gasteiger partial charge in [0.2, 0.25) is 0 Å². The number of likely N-dealkylation sites (N-methyl/N-ethyl adjacent to an activating group) is 1. The van der Waals surface area contributed by atoms with Crippen LogP contribution in [0, 0.1) is 0 Å². The Bertz CT molecular complexity index is 842. The summed E-state index contributed by atoms with van der Waals surface area (Å²) < 4.78 is 6.86. The molecule has 0 radical (unpaired) electrons. The predicted molar refractivity (Wildman–Crippen MR) is 89.0 cm³/mol. The second kappa shape index (κ2) is 5.99. The lowest BCUT2D eigenvalue weighted by Gasteiger charge is -2.22. The number of tetrazole rings is 1. The zero-order chi connectivity index (χ0) is 15.8. The molecule has 0 saturated carbocycles. The Labute approximate surface area is 137 Å². The molecule has 0 spiro atoms. The van der Waals surface area contributed by atoms with Crippen LogP contribution >= 0.6 is 11.3 Å². The van der Waals surface area contributed by atoms with Gasteiger partial charge in [-0.2, -0.15) is 9.50 Å². The van der Waals surface area contributed by atoms with Crippen molar-refractivity contribution in [2.75, 3.05) is 39.2 Å². The van der Waals surface area contributed by atoms with Gasteiger partial charge in [-0.3, -0.25) is 0 Å². The largest absolute Gasteiger partial charge is 0.385 e. The van der Waals surface area contributed by atoms with Gasteiger partial charge >= 0.3 is 0 Å². The molecule has 0 aliphatic carbocycles. The standard InChI is InChI=1S/C14H19N7OS/c1-20-6-4-9-10(8-20)23-13-11(9)12(15-5-3-7-22-2)16-14-17-18-19-21(13)14/h3-8H2,1-2H3,(H,15,16,17,19). The lowest BCUT2D eigenvalue weighted by molar-refractivity contribution is 0.198. The first-order chi connectivity index (χ1) is 11.3. The Hall–Kier alpha value is -1.84. The minimum atomic E-state index is 0.540. The Morgan fingerprint density at radius 2 is 2.30 bits per heavy atom. The van der Waals surface area contributed by atoms with Crippen molar-refractivity contribution in [3.8, 4) is 0 Å². The lowest BCUT2D eigenvalue weighted by atomic mass is 10.1. The van der Waals surface area contributed by atoms with Crippen molar-refractivity contribution in [2.45, 2.75) is 19.4 Å². The van der Waals surface area contributed by atoms with E-state index in [1.54, 1.807) is 23.0 Å². The smallest absolute Gasteiger partial charge is 0.276 e. The van der Waals surface area contributed by atoms with E-state index < -0.39 is 0 Å². The number of rotatable bonds is 5. The number of thiophene rings is 1. The summed E-state index contributed by atoms with van der Waals surface area (Å²) >= 11 is 1.77. The van der Waals surface area contributed by atoms with Crippen LogP contribution in [0.25, 0.3) is 16.0 Å². The van der Waals surface area contributed by atoms with Crippen molar-refractivity contribution in [3.63, 3.8) is 0 Å². The van der Waals surface area contributed by atoms with Crippen LogP contribution in [-0.2, 0) is 17.7 Å². The van der Waals surface area contributed by atoms with Gasteiger partial charge in [0.25, 0.3) is 5.78 Å². The minimum absolute atomic E-state index is 0.540.